The molecular weight excluding hydrogens is 390 g/mol. The van der Waals surface area contributed by atoms with Crippen molar-refractivity contribution in [3.05, 3.63) is 53.1 Å². The van der Waals surface area contributed by atoms with Crippen LogP contribution >= 0.6 is 0 Å². The van der Waals surface area contributed by atoms with E-state index in [0.717, 1.165) is 13.1 Å². The van der Waals surface area contributed by atoms with E-state index >= 15 is 0 Å². The second-order valence-electron chi connectivity index (χ2n) is 7.07. The average molecular weight is 418 g/mol. The first-order valence-electron chi connectivity index (χ1n) is 9.50. The molecule has 2 aromatic rings. The highest BCUT2D eigenvalue weighted by atomic mass is 32.2. The van der Waals surface area contributed by atoms with Crippen molar-refractivity contribution in [2.75, 3.05) is 45.2 Å². The maximum absolute atomic E-state index is 13.0. The Bertz CT molecular complexity index is 1010. The summed E-state index contributed by atoms with van der Waals surface area (Å²) in [6, 6.07) is 10.8. The Morgan fingerprint density at radius 3 is 2.38 bits per heavy atom. The van der Waals surface area contributed by atoms with E-state index in [1.54, 1.807) is 11.0 Å². The van der Waals surface area contributed by atoms with Gasteiger partial charge in [0.05, 0.1) is 7.11 Å². The zero-order chi connectivity index (χ0) is 21.2. The van der Waals surface area contributed by atoms with Gasteiger partial charge in [0.1, 0.15) is 10.6 Å². The molecule has 1 saturated heterocycles. The van der Waals surface area contributed by atoms with Gasteiger partial charge in [0.15, 0.2) is 0 Å². The number of aryl methyl sites for hydroxylation is 1. The van der Waals surface area contributed by atoms with E-state index in [1.807, 2.05) is 0 Å². The Hall–Kier alpha value is -2.58. The van der Waals surface area contributed by atoms with Crippen LogP contribution in [0.5, 0.6) is 5.75 Å². The predicted octanol–water partition coefficient (Wildman–Crippen LogP) is 2.18. The van der Waals surface area contributed by atoms with Crippen LogP contribution < -0.4 is 14.4 Å². The summed E-state index contributed by atoms with van der Waals surface area (Å²) in [5.41, 5.74) is 4.03. The second-order valence-corrected chi connectivity index (χ2v) is 8.93. The van der Waals surface area contributed by atoms with Gasteiger partial charge in [-0.15, -0.1) is 0 Å². The molecule has 1 fully saturated rings. The average Bonchev–Trinajstić information content (AvgIpc) is 2.75. The topological polar surface area (TPSA) is 79.0 Å². The summed E-state index contributed by atoms with van der Waals surface area (Å²) in [5.74, 6) is 0.0245. The number of nitrogens with one attached hydrogen (secondary N) is 1. The van der Waals surface area contributed by atoms with Crippen molar-refractivity contribution < 1.29 is 17.9 Å². The van der Waals surface area contributed by atoms with E-state index in [2.05, 4.69) is 41.7 Å². The van der Waals surface area contributed by atoms with Crippen LogP contribution in [0.1, 0.15) is 21.5 Å². The lowest BCUT2D eigenvalue weighted by molar-refractivity contribution is 0.0746. The van der Waals surface area contributed by atoms with E-state index in [4.69, 9.17) is 4.74 Å². The van der Waals surface area contributed by atoms with E-state index in [1.165, 1.54) is 43.1 Å². The molecule has 1 aliphatic rings. The Balaban J connectivity index is 1.77. The molecule has 1 N–H and O–H groups in total. The molecule has 8 heteroatoms. The molecule has 0 atom stereocenters. The van der Waals surface area contributed by atoms with Gasteiger partial charge in [0.2, 0.25) is 10.0 Å². The number of benzene rings is 2. The van der Waals surface area contributed by atoms with Gasteiger partial charge in [0.25, 0.3) is 5.91 Å². The summed E-state index contributed by atoms with van der Waals surface area (Å²) in [5, 5.41) is 0. The van der Waals surface area contributed by atoms with Gasteiger partial charge >= 0.3 is 0 Å². The molecule has 3 rings (SSSR count). The van der Waals surface area contributed by atoms with Gasteiger partial charge in [-0.3, -0.25) is 4.79 Å². The number of rotatable bonds is 5. The fourth-order valence-corrected chi connectivity index (χ4v) is 4.46. The number of sulfonamides is 1. The van der Waals surface area contributed by atoms with Crippen molar-refractivity contribution in [3.8, 4) is 5.75 Å². The quantitative estimate of drug-likeness (QED) is 0.807. The second kappa shape index (κ2) is 8.42. The zero-order valence-corrected chi connectivity index (χ0v) is 18.0. The first-order chi connectivity index (χ1) is 13.8. The summed E-state index contributed by atoms with van der Waals surface area (Å²) in [4.78, 5) is 17.0. The van der Waals surface area contributed by atoms with E-state index < -0.39 is 10.0 Å². The molecule has 0 aliphatic carbocycles. The number of carbonyl (C=O) groups is 1. The van der Waals surface area contributed by atoms with Gasteiger partial charge in [0, 0.05) is 37.4 Å². The third-order valence-electron chi connectivity index (χ3n) is 5.45. The lowest BCUT2D eigenvalue weighted by atomic mass is 10.1. The molecule has 0 unspecified atom stereocenters. The van der Waals surface area contributed by atoms with Gasteiger partial charge < -0.3 is 14.5 Å². The zero-order valence-electron chi connectivity index (χ0n) is 17.2. The first kappa shape index (κ1) is 21.1. The van der Waals surface area contributed by atoms with Crippen LogP contribution in [0, 0.1) is 13.8 Å². The molecule has 2 aromatic carbocycles. The lowest BCUT2D eigenvalue weighted by Gasteiger charge is -2.37. The smallest absolute Gasteiger partial charge is 0.254 e. The fraction of sp³-hybridized carbons (Fsp3) is 0.381. The van der Waals surface area contributed by atoms with Crippen LogP contribution in [0.15, 0.2) is 41.3 Å². The highest BCUT2D eigenvalue weighted by molar-refractivity contribution is 7.89. The number of piperazine rings is 1. The predicted molar refractivity (Wildman–Crippen MR) is 113 cm³/mol. The number of carbonyl (C=O) groups excluding carboxylic acids is 1. The number of hydrogen-bond acceptors (Lipinski definition) is 5. The summed E-state index contributed by atoms with van der Waals surface area (Å²) in [6.07, 6.45) is 0. The molecule has 0 saturated carbocycles. The molecule has 0 spiro atoms. The number of anilines is 1. The Kier molecular flexibility index (Phi) is 6.14. The lowest BCUT2D eigenvalue weighted by Crippen LogP contribution is -2.49. The Morgan fingerprint density at radius 1 is 1.07 bits per heavy atom. The van der Waals surface area contributed by atoms with Gasteiger partial charge in [-0.2, -0.15) is 0 Å². The van der Waals surface area contributed by atoms with Crippen LogP contribution in [0.3, 0.4) is 0 Å². The van der Waals surface area contributed by atoms with Crippen molar-refractivity contribution in [1.82, 2.24) is 9.62 Å². The van der Waals surface area contributed by atoms with Crippen molar-refractivity contribution in [3.63, 3.8) is 0 Å². The number of amides is 1. The molecular formula is C21H27N3O4S. The standard InChI is InChI=1S/C21H27N3O4S/c1-15-6-5-7-18(16(15)2)23-10-12-24(13-11-23)21(25)17-8-9-19(28-4)20(14-17)29(26,27)22-3/h5-9,14,22H,10-13H2,1-4H3. The molecule has 1 aliphatic heterocycles. The molecule has 7 nitrogen and oxygen atoms in total. The van der Waals surface area contributed by atoms with Crippen LogP contribution in [-0.2, 0) is 10.0 Å². The first-order valence-corrected chi connectivity index (χ1v) is 11.0. The Labute approximate surface area is 172 Å². The minimum Gasteiger partial charge on any atom is -0.495 e. The summed E-state index contributed by atoms with van der Waals surface area (Å²) in [6.45, 7) is 6.82. The third-order valence-corrected chi connectivity index (χ3v) is 6.89. The number of nitrogens with zero attached hydrogens (tertiary/aromatic N) is 2. The SMILES string of the molecule is CNS(=O)(=O)c1cc(C(=O)N2CCN(c3cccc(C)c3C)CC2)ccc1OC. The number of hydrogen-bond donors (Lipinski definition) is 1. The molecule has 0 bridgehead atoms. The van der Waals surface area contributed by atoms with Crippen molar-refractivity contribution in [2.45, 2.75) is 18.7 Å². The Morgan fingerprint density at radius 2 is 1.76 bits per heavy atom. The molecule has 0 radical (unpaired) electrons. The van der Waals surface area contributed by atoms with Crippen molar-refractivity contribution in [1.29, 1.82) is 0 Å². The highest BCUT2D eigenvalue weighted by Crippen LogP contribution is 2.27. The maximum atomic E-state index is 13.0. The molecule has 1 amide bonds. The third kappa shape index (κ3) is 4.23. The summed E-state index contributed by atoms with van der Waals surface area (Å²) < 4.78 is 32.0. The van der Waals surface area contributed by atoms with E-state index in [9.17, 15) is 13.2 Å². The maximum Gasteiger partial charge on any atom is 0.254 e. The summed E-state index contributed by atoms with van der Waals surface area (Å²) >= 11 is 0. The van der Waals surface area contributed by atoms with Crippen LogP contribution in [-0.4, -0.2) is 59.6 Å². The van der Waals surface area contributed by atoms with E-state index in [-0.39, 0.29) is 16.6 Å². The minimum atomic E-state index is -3.74. The van der Waals surface area contributed by atoms with Crippen molar-refractivity contribution >= 4 is 21.6 Å². The molecule has 156 valence electrons. The van der Waals surface area contributed by atoms with E-state index in [0.29, 0.717) is 18.7 Å². The monoisotopic (exact) mass is 417 g/mol. The van der Waals surface area contributed by atoms with Gasteiger partial charge in [-0.25, -0.2) is 13.1 Å². The minimum absolute atomic E-state index is 0.0395. The van der Waals surface area contributed by atoms with Crippen LogP contribution in [0.2, 0.25) is 0 Å². The largest absolute Gasteiger partial charge is 0.495 e. The normalized spacial score (nSPS) is 14.8. The fourth-order valence-electron chi connectivity index (χ4n) is 3.54. The van der Waals surface area contributed by atoms with Crippen LogP contribution in [0.4, 0.5) is 5.69 Å². The highest BCUT2D eigenvalue weighted by Gasteiger charge is 2.26. The molecule has 29 heavy (non-hydrogen) atoms. The van der Waals surface area contributed by atoms with Crippen molar-refractivity contribution in [2.24, 2.45) is 0 Å². The van der Waals surface area contributed by atoms with Crippen LogP contribution in [0.25, 0.3) is 0 Å². The number of methoxy groups -OCH3 is 1. The number of ether oxygens (including phenoxy) is 1. The van der Waals surface area contributed by atoms with Gasteiger partial charge in [-0.05, 0) is 56.3 Å². The summed E-state index contributed by atoms with van der Waals surface area (Å²) in [7, 11) is -1.01. The van der Waals surface area contributed by atoms with Gasteiger partial charge in [-0.1, -0.05) is 12.1 Å². The molecule has 0 aromatic heterocycles. The molecule has 1 heterocycles.